The molecule has 1 amide bonds. The molecule has 200 valence electrons. The largest absolute Gasteiger partial charge is 0.444 e. The van der Waals surface area contributed by atoms with Gasteiger partial charge in [0, 0.05) is 49.6 Å². The Kier molecular flexibility index (Phi) is 7.83. The number of alkyl carbamates (subject to hydrolysis) is 1. The molecule has 0 unspecified atom stereocenters. The molecule has 0 aromatic carbocycles. The number of anilines is 1. The van der Waals surface area contributed by atoms with E-state index < -0.39 is 13.7 Å². The Bertz CT molecular complexity index is 1170. The van der Waals surface area contributed by atoms with Crippen LogP contribution >= 0.6 is 22.6 Å². The third kappa shape index (κ3) is 6.09. The summed E-state index contributed by atoms with van der Waals surface area (Å²) in [6, 6.07) is 1.59. The second-order valence-electron chi connectivity index (χ2n) is 12.4. The van der Waals surface area contributed by atoms with E-state index in [2.05, 4.69) is 52.4 Å². The van der Waals surface area contributed by atoms with Crippen molar-refractivity contribution in [3.63, 3.8) is 0 Å². The maximum atomic E-state index is 13.4. The minimum atomic E-state index is -1.17. The van der Waals surface area contributed by atoms with Gasteiger partial charge in [0.15, 0.2) is 5.65 Å². The molecule has 2 aliphatic rings. The summed E-state index contributed by atoms with van der Waals surface area (Å²) in [5.74, 6) is 0.702. The lowest BCUT2D eigenvalue weighted by atomic mass is 9.98. The number of rotatable bonds is 7. The smallest absolute Gasteiger partial charge is 0.407 e. The second kappa shape index (κ2) is 10.3. The summed E-state index contributed by atoms with van der Waals surface area (Å²) in [6.45, 7) is 13.7. The number of carbonyl (C=O) groups excluding carboxylic acids is 1. The van der Waals surface area contributed by atoms with Crippen LogP contribution in [0, 0.1) is 3.57 Å². The molecule has 36 heavy (non-hydrogen) atoms. The highest BCUT2D eigenvalue weighted by Crippen LogP contribution is 2.39. The van der Waals surface area contributed by atoms with Crippen molar-refractivity contribution >= 4 is 53.7 Å². The number of aromatic nitrogens is 3. The van der Waals surface area contributed by atoms with E-state index in [4.69, 9.17) is 14.5 Å². The highest BCUT2D eigenvalue weighted by molar-refractivity contribution is 14.1. The summed E-state index contributed by atoms with van der Waals surface area (Å²) in [5, 5.41) is 3.70. The zero-order valence-corrected chi connectivity index (χ0v) is 25.7. The topological polar surface area (TPSA) is 90.6 Å². The number of fused-ring (bicyclic) bond motifs is 3. The summed E-state index contributed by atoms with van der Waals surface area (Å²) in [7, 11) is 0.638. The maximum absolute atomic E-state index is 13.4. The van der Waals surface area contributed by atoms with E-state index >= 15 is 0 Å². The molecule has 4 rings (SSSR count). The fourth-order valence-corrected chi connectivity index (χ4v) is 6.79. The number of nitrogens with one attached hydrogen (secondary N) is 1. The van der Waals surface area contributed by atoms with Gasteiger partial charge < -0.3 is 24.3 Å². The van der Waals surface area contributed by atoms with Crippen LogP contribution in [-0.2, 0) is 23.3 Å². The SMILES string of the molecule is Cn1c(N2[C@@H]3CC[C@H]2C[C@@H](NC(=O)OC(C)(C)C)C3)nc2c(c(I)cn2COCC[Si](C)(C)C)c1=O. The third-order valence-corrected chi connectivity index (χ3v) is 9.46. The molecule has 2 aliphatic heterocycles. The van der Waals surface area contributed by atoms with Gasteiger partial charge in [0.2, 0.25) is 5.95 Å². The highest BCUT2D eigenvalue weighted by Gasteiger charge is 2.43. The van der Waals surface area contributed by atoms with E-state index in [1.165, 1.54) is 0 Å². The van der Waals surface area contributed by atoms with E-state index in [9.17, 15) is 9.59 Å². The van der Waals surface area contributed by atoms with Gasteiger partial charge in [0.25, 0.3) is 5.56 Å². The molecule has 1 N–H and O–H groups in total. The summed E-state index contributed by atoms with van der Waals surface area (Å²) < 4.78 is 16.0. The Morgan fingerprint density at radius 1 is 1.22 bits per heavy atom. The first-order valence-electron chi connectivity index (χ1n) is 12.8. The van der Waals surface area contributed by atoms with Crippen LogP contribution in [0.1, 0.15) is 46.5 Å². The molecule has 2 bridgehead atoms. The Hall–Kier alpha value is -1.60. The lowest BCUT2D eigenvalue weighted by Crippen LogP contribution is -2.52. The average Bonchev–Trinajstić information content (AvgIpc) is 3.18. The molecule has 0 radical (unpaired) electrons. The van der Waals surface area contributed by atoms with Crippen molar-refractivity contribution in [2.75, 3.05) is 11.5 Å². The average molecular weight is 630 g/mol. The van der Waals surface area contributed by atoms with E-state index in [-0.39, 0.29) is 29.8 Å². The molecule has 9 nitrogen and oxygen atoms in total. The van der Waals surface area contributed by atoms with Gasteiger partial charge in [0.1, 0.15) is 12.3 Å². The molecule has 0 saturated carbocycles. The van der Waals surface area contributed by atoms with Crippen LogP contribution in [-0.4, -0.2) is 58.6 Å². The number of hydrogen-bond acceptors (Lipinski definition) is 6. The fraction of sp³-hybridized carbons (Fsp3) is 0.720. The number of nitrogens with zero attached hydrogens (tertiary/aromatic N) is 4. The zero-order valence-electron chi connectivity index (χ0n) is 22.6. The molecular formula is C25H40IN5O4Si. The van der Waals surface area contributed by atoms with Crippen molar-refractivity contribution in [1.29, 1.82) is 0 Å². The van der Waals surface area contributed by atoms with Crippen molar-refractivity contribution in [2.24, 2.45) is 7.05 Å². The molecule has 2 fully saturated rings. The first-order valence-corrected chi connectivity index (χ1v) is 17.6. The molecule has 2 saturated heterocycles. The van der Waals surface area contributed by atoms with E-state index in [1.807, 2.05) is 38.6 Å². The van der Waals surface area contributed by atoms with Crippen LogP contribution in [0.3, 0.4) is 0 Å². The van der Waals surface area contributed by atoms with Gasteiger partial charge in [-0.2, -0.15) is 4.98 Å². The predicted octanol–water partition coefficient (Wildman–Crippen LogP) is 4.68. The number of piperidine rings is 1. The third-order valence-electron chi connectivity index (χ3n) is 6.94. The van der Waals surface area contributed by atoms with Gasteiger partial charge >= 0.3 is 6.09 Å². The normalized spacial score (nSPS) is 22.3. The highest BCUT2D eigenvalue weighted by atomic mass is 127. The van der Waals surface area contributed by atoms with Crippen LogP contribution in [0.15, 0.2) is 11.0 Å². The van der Waals surface area contributed by atoms with Crippen LogP contribution < -0.4 is 15.8 Å². The number of ether oxygens (including phenoxy) is 2. The Morgan fingerprint density at radius 3 is 2.44 bits per heavy atom. The van der Waals surface area contributed by atoms with Gasteiger partial charge in [-0.15, -0.1) is 0 Å². The first-order chi connectivity index (χ1) is 16.7. The number of halogens is 1. The standard InChI is InChI=1S/C25H40IN5O4Si/c1-25(2,3)35-24(33)27-16-12-17-8-9-18(13-16)31(17)23-28-21-20(22(32)29(23)4)19(26)14-30(21)15-34-10-11-36(5,6)7/h14,16-18H,8-13,15H2,1-7H3,(H,27,33)/t16-,17+,18-. The number of amides is 1. The van der Waals surface area contributed by atoms with Crippen LogP contribution in [0.4, 0.5) is 10.7 Å². The predicted molar refractivity (Wildman–Crippen MR) is 153 cm³/mol. The minimum Gasteiger partial charge on any atom is -0.444 e. The molecule has 4 heterocycles. The molecule has 11 heteroatoms. The van der Waals surface area contributed by atoms with Crippen molar-refractivity contribution in [3.8, 4) is 0 Å². The van der Waals surface area contributed by atoms with Gasteiger partial charge in [-0.05, 0) is 75.1 Å². The van der Waals surface area contributed by atoms with Gasteiger partial charge in [0.05, 0.1) is 5.39 Å². The lowest BCUT2D eigenvalue weighted by molar-refractivity contribution is 0.0492. The Labute approximate surface area is 228 Å². The lowest BCUT2D eigenvalue weighted by Gasteiger charge is -2.40. The summed E-state index contributed by atoms with van der Waals surface area (Å²) in [6.07, 6.45) is 5.24. The minimum absolute atomic E-state index is 0.0337. The molecular weight excluding hydrogens is 589 g/mol. The van der Waals surface area contributed by atoms with Crippen molar-refractivity contribution in [3.05, 3.63) is 20.1 Å². The Balaban J connectivity index is 1.55. The first kappa shape index (κ1) is 27.4. The summed E-state index contributed by atoms with van der Waals surface area (Å²) in [5.41, 5.74) is 0.124. The van der Waals surface area contributed by atoms with E-state index in [0.29, 0.717) is 30.3 Å². The summed E-state index contributed by atoms with van der Waals surface area (Å²) >= 11 is 2.22. The Morgan fingerprint density at radius 2 is 1.86 bits per heavy atom. The van der Waals surface area contributed by atoms with E-state index in [0.717, 1.165) is 35.3 Å². The van der Waals surface area contributed by atoms with Crippen LogP contribution in [0.25, 0.3) is 11.0 Å². The number of carbonyl (C=O) groups is 1. The van der Waals surface area contributed by atoms with Gasteiger partial charge in [-0.3, -0.25) is 9.36 Å². The monoisotopic (exact) mass is 629 g/mol. The van der Waals surface area contributed by atoms with Gasteiger partial charge in [-0.25, -0.2) is 4.79 Å². The quantitative estimate of drug-likeness (QED) is 0.272. The van der Waals surface area contributed by atoms with Gasteiger partial charge in [-0.1, -0.05) is 19.6 Å². The van der Waals surface area contributed by atoms with Crippen molar-refractivity contribution in [2.45, 2.75) is 103 Å². The zero-order chi connectivity index (χ0) is 26.4. The van der Waals surface area contributed by atoms with Crippen molar-refractivity contribution < 1.29 is 14.3 Å². The maximum Gasteiger partial charge on any atom is 0.407 e. The van der Waals surface area contributed by atoms with E-state index in [1.54, 1.807) is 4.57 Å². The summed E-state index contributed by atoms with van der Waals surface area (Å²) in [4.78, 5) is 33.1. The second-order valence-corrected chi connectivity index (χ2v) is 19.2. The molecule has 2 aromatic heterocycles. The van der Waals surface area contributed by atoms with Crippen LogP contribution in [0.2, 0.25) is 25.7 Å². The van der Waals surface area contributed by atoms with Crippen LogP contribution in [0.5, 0.6) is 0 Å². The molecule has 2 aromatic rings. The molecule has 0 aliphatic carbocycles. The molecule has 3 atom stereocenters. The fourth-order valence-electron chi connectivity index (χ4n) is 5.23. The number of hydrogen-bond donors (Lipinski definition) is 1. The molecule has 0 spiro atoms. The van der Waals surface area contributed by atoms with Crippen molar-refractivity contribution in [1.82, 2.24) is 19.4 Å².